The lowest BCUT2D eigenvalue weighted by atomic mass is 10.3. The van der Waals surface area contributed by atoms with Crippen LogP contribution in [-0.2, 0) is 4.79 Å². The zero-order valence-corrected chi connectivity index (χ0v) is 9.45. The van der Waals surface area contributed by atoms with Crippen LogP contribution in [0.4, 0.5) is 0 Å². The smallest absolute Gasteiger partial charge is 0.331 e. The van der Waals surface area contributed by atoms with E-state index in [0.717, 1.165) is 17.3 Å². The van der Waals surface area contributed by atoms with Crippen molar-refractivity contribution in [1.82, 2.24) is 4.90 Å². The van der Waals surface area contributed by atoms with E-state index in [1.54, 1.807) is 11.8 Å². The van der Waals surface area contributed by atoms with E-state index in [-0.39, 0.29) is 5.37 Å². The van der Waals surface area contributed by atoms with Crippen LogP contribution in [-0.4, -0.2) is 50.0 Å². The summed E-state index contributed by atoms with van der Waals surface area (Å²) in [5.41, 5.74) is 0. The molecule has 2 rings (SSSR count). The van der Waals surface area contributed by atoms with Crippen LogP contribution in [0.1, 0.15) is 0 Å². The number of carboxylic acids is 1. The molecule has 0 aromatic carbocycles. The molecule has 3 nitrogen and oxygen atoms in total. The summed E-state index contributed by atoms with van der Waals surface area (Å²) in [5.74, 6) is 2.05. The molecular formula is C7H11NO2S3. The molecule has 1 N–H and O–H groups in total. The molecular weight excluding hydrogens is 226 g/mol. The first-order valence-electron chi connectivity index (χ1n) is 4.08. The molecule has 0 aromatic rings. The lowest BCUT2D eigenvalue weighted by molar-refractivity contribution is -0.139. The predicted molar refractivity (Wildman–Crippen MR) is 59.6 cm³/mol. The first-order valence-corrected chi connectivity index (χ1v) is 6.81. The van der Waals surface area contributed by atoms with E-state index in [1.807, 2.05) is 11.8 Å². The molecule has 13 heavy (non-hydrogen) atoms. The topological polar surface area (TPSA) is 40.5 Å². The van der Waals surface area contributed by atoms with Gasteiger partial charge in [-0.2, -0.15) is 12.6 Å². The molecule has 0 spiro atoms. The van der Waals surface area contributed by atoms with Crippen LogP contribution < -0.4 is 0 Å². The van der Waals surface area contributed by atoms with Gasteiger partial charge in [-0.3, -0.25) is 4.90 Å². The quantitative estimate of drug-likeness (QED) is 0.696. The molecule has 0 bridgehead atoms. The fourth-order valence-corrected chi connectivity index (χ4v) is 5.11. The van der Waals surface area contributed by atoms with Crippen molar-refractivity contribution < 1.29 is 9.90 Å². The standard InChI is InChI=1S/C7H11NO2S3/c9-7(10)6-8-4(3-13-6)2-12-5(8)1-11/h4-6,11H,1-3H2,(H,9,10)/t4-,5-,6+/m1/s1. The lowest BCUT2D eigenvalue weighted by Crippen LogP contribution is -2.42. The number of carbonyl (C=O) groups is 1. The van der Waals surface area contributed by atoms with Gasteiger partial charge in [0.25, 0.3) is 0 Å². The fraction of sp³-hybridized carbons (Fsp3) is 0.857. The van der Waals surface area contributed by atoms with Gasteiger partial charge in [0.2, 0.25) is 0 Å². The van der Waals surface area contributed by atoms with Gasteiger partial charge in [-0.15, -0.1) is 23.5 Å². The summed E-state index contributed by atoms with van der Waals surface area (Å²) in [5, 5.41) is 8.94. The van der Waals surface area contributed by atoms with Crippen molar-refractivity contribution in [2.45, 2.75) is 16.8 Å². The summed E-state index contributed by atoms with van der Waals surface area (Å²) in [4.78, 5) is 13.0. The third-order valence-electron chi connectivity index (χ3n) is 2.32. The zero-order valence-electron chi connectivity index (χ0n) is 6.92. The highest BCUT2D eigenvalue weighted by Gasteiger charge is 2.46. The summed E-state index contributed by atoms with van der Waals surface area (Å²) >= 11 is 7.61. The summed E-state index contributed by atoms with van der Waals surface area (Å²) in [6.07, 6.45) is 0. The van der Waals surface area contributed by atoms with Crippen molar-refractivity contribution in [3.63, 3.8) is 0 Å². The molecule has 6 heteroatoms. The van der Waals surface area contributed by atoms with Crippen LogP contribution in [0.15, 0.2) is 0 Å². The first kappa shape index (κ1) is 10.0. The number of rotatable bonds is 2. The zero-order chi connectivity index (χ0) is 9.42. The number of thioether (sulfide) groups is 2. The van der Waals surface area contributed by atoms with Crippen LogP contribution in [0.2, 0.25) is 0 Å². The third kappa shape index (κ3) is 1.69. The van der Waals surface area contributed by atoms with Gasteiger partial charge in [-0.05, 0) is 0 Å². The monoisotopic (exact) mass is 237 g/mol. The maximum Gasteiger partial charge on any atom is 0.331 e. The van der Waals surface area contributed by atoms with E-state index in [0.29, 0.717) is 11.4 Å². The van der Waals surface area contributed by atoms with E-state index >= 15 is 0 Å². The molecule has 2 aliphatic heterocycles. The lowest BCUT2D eigenvalue weighted by Gasteiger charge is -2.24. The molecule has 0 unspecified atom stereocenters. The van der Waals surface area contributed by atoms with Crippen molar-refractivity contribution in [3.8, 4) is 0 Å². The molecule has 2 heterocycles. The van der Waals surface area contributed by atoms with Crippen molar-refractivity contribution in [3.05, 3.63) is 0 Å². The summed E-state index contributed by atoms with van der Waals surface area (Å²) in [6, 6.07) is 0.452. The minimum Gasteiger partial charge on any atom is -0.479 e. The molecule has 0 saturated carbocycles. The molecule has 3 atom stereocenters. The molecule has 0 aromatic heterocycles. The Balaban J connectivity index is 2.12. The highest BCUT2D eigenvalue weighted by molar-refractivity contribution is 8.02. The van der Waals surface area contributed by atoms with Crippen molar-refractivity contribution >= 4 is 42.1 Å². The normalized spacial score (nSPS) is 39.3. The number of nitrogens with zero attached hydrogens (tertiary/aromatic N) is 1. The number of fused-ring (bicyclic) bond motifs is 1. The van der Waals surface area contributed by atoms with Gasteiger partial charge >= 0.3 is 5.97 Å². The maximum absolute atomic E-state index is 10.9. The second kappa shape index (κ2) is 3.92. The molecule has 74 valence electrons. The van der Waals surface area contributed by atoms with Gasteiger partial charge < -0.3 is 5.11 Å². The molecule has 0 amide bonds. The molecule has 2 fully saturated rings. The van der Waals surface area contributed by atoms with Gasteiger partial charge in [-0.25, -0.2) is 4.79 Å². The van der Waals surface area contributed by atoms with E-state index in [9.17, 15) is 4.79 Å². The number of aliphatic carboxylic acids is 1. The van der Waals surface area contributed by atoms with E-state index in [4.69, 9.17) is 5.11 Å². The SMILES string of the molecule is O=C(O)[C@@H]1SC[C@H]2CS[C@H](CS)N21. The van der Waals surface area contributed by atoms with Crippen LogP contribution in [0.5, 0.6) is 0 Å². The summed E-state index contributed by atoms with van der Waals surface area (Å²) < 4.78 is 0. The van der Waals surface area contributed by atoms with Crippen LogP contribution in [0.3, 0.4) is 0 Å². The number of carboxylic acid groups (broad SMARTS) is 1. The van der Waals surface area contributed by atoms with Crippen molar-refractivity contribution in [1.29, 1.82) is 0 Å². The van der Waals surface area contributed by atoms with E-state index in [2.05, 4.69) is 17.5 Å². The van der Waals surface area contributed by atoms with Crippen LogP contribution in [0.25, 0.3) is 0 Å². The second-order valence-electron chi connectivity index (χ2n) is 3.10. The van der Waals surface area contributed by atoms with Gasteiger partial charge in [0.1, 0.15) is 0 Å². The number of hydrogen-bond acceptors (Lipinski definition) is 5. The Hall–Kier alpha value is 0.480. The largest absolute Gasteiger partial charge is 0.479 e. The average molecular weight is 237 g/mol. The first-order chi connectivity index (χ1) is 6.24. The van der Waals surface area contributed by atoms with Gasteiger partial charge in [-0.1, -0.05) is 0 Å². The molecule has 2 saturated heterocycles. The molecule has 0 aliphatic carbocycles. The van der Waals surface area contributed by atoms with Crippen molar-refractivity contribution in [2.75, 3.05) is 17.3 Å². The average Bonchev–Trinajstić information content (AvgIpc) is 2.61. The Morgan fingerprint density at radius 1 is 1.54 bits per heavy atom. The highest BCUT2D eigenvalue weighted by Crippen LogP contribution is 2.41. The Bertz CT molecular complexity index is 226. The van der Waals surface area contributed by atoms with Gasteiger partial charge in [0, 0.05) is 23.3 Å². The maximum atomic E-state index is 10.9. The van der Waals surface area contributed by atoms with E-state index in [1.165, 1.54) is 0 Å². The van der Waals surface area contributed by atoms with Gasteiger partial charge in [0.05, 0.1) is 5.37 Å². The Kier molecular flexibility index (Phi) is 3.02. The van der Waals surface area contributed by atoms with Crippen LogP contribution >= 0.6 is 36.2 Å². The predicted octanol–water partition coefficient (Wildman–Crippen LogP) is 0.817. The fourth-order valence-electron chi connectivity index (χ4n) is 1.74. The Morgan fingerprint density at radius 2 is 2.23 bits per heavy atom. The summed E-state index contributed by atoms with van der Waals surface area (Å²) in [6.45, 7) is 0. The molecule has 0 radical (unpaired) electrons. The summed E-state index contributed by atoms with van der Waals surface area (Å²) in [7, 11) is 0. The van der Waals surface area contributed by atoms with Crippen LogP contribution in [0, 0.1) is 0 Å². The van der Waals surface area contributed by atoms with E-state index < -0.39 is 5.97 Å². The Morgan fingerprint density at radius 3 is 2.85 bits per heavy atom. The highest BCUT2D eigenvalue weighted by atomic mass is 32.2. The molecule has 2 aliphatic rings. The second-order valence-corrected chi connectivity index (χ2v) is 5.78. The Labute approximate surface area is 91.0 Å². The van der Waals surface area contributed by atoms with Gasteiger partial charge in [0.15, 0.2) is 5.37 Å². The minimum atomic E-state index is -0.707. The number of thiol groups is 1. The van der Waals surface area contributed by atoms with Crippen molar-refractivity contribution in [2.24, 2.45) is 0 Å². The minimum absolute atomic E-state index is 0.296. The third-order valence-corrected chi connectivity index (χ3v) is 5.62. The number of hydrogen-bond donors (Lipinski definition) is 2.